The summed E-state index contributed by atoms with van der Waals surface area (Å²) < 4.78 is 9.82. The predicted octanol–water partition coefficient (Wildman–Crippen LogP) is 1.35. The van der Waals surface area contributed by atoms with Crippen molar-refractivity contribution >= 4 is 27.6 Å². The Labute approximate surface area is 94.3 Å². The lowest BCUT2D eigenvalue weighted by Gasteiger charge is -1.97. The van der Waals surface area contributed by atoms with Crippen molar-refractivity contribution in [1.82, 2.24) is 5.16 Å². The summed E-state index contributed by atoms with van der Waals surface area (Å²) in [5.41, 5.74) is 0.483. The summed E-state index contributed by atoms with van der Waals surface area (Å²) in [7, 11) is 1.27. The van der Waals surface area contributed by atoms with E-state index in [9.17, 15) is 4.79 Å². The van der Waals surface area contributed by atoms with Crippen molar-refractivity contribution in [3.8, 4) is 0 Å². The van der Waals surface area contributed by atoms with Crippen molar-refractivity contribution in [3.05, 3.63) is 16.4 Å². The molecule has 0 aliphatic carbocycles. The Balaban J connectivity index is 2.50. The standard InChI is InChI=1S/C8H9BrN2O4/c1-5(6-3-7(9)11-15-6)10-14-4-8(12)13-2/h3H,4H2,1-2H3/b10-5+. The van der Waals surface area contributed by atoms with E-state index in [-0.39, 0.29) is 6.61 Å². The van der Waals surface area contributed by atoms with Crippen LogP contribution in [0.1, 0.15) is 12.7 Å². The molecule has 0 atom stereocenters. The summed E-state index contributed by atoms with van der Waals surface area (Å²) in [6.45, 7) is 1.44. The molecule has 0 fully saturated rings. The maximum Gasteiger partial charge on any atom is 0.346 e. The summed E-state index contributed by atoms with van der Waals surface area (Å²) in [4.78, 5) is 15.4. The van der Waals surface area contributed by atoms with Crippen molar-refractivity contribution < 1.29 is 18.9 Å². The van der Waals surface area contributed by atoms with Gasteiger partial charge < -0.3 is 14.1 Å². The van der Waals surface area contributed by atoms with Gasteiger partial charge in [-0.15, -0.1) is 0 Å². The molecule has 0 aliphatic heterocycles. The van der Waals surface area contributed by atoms with Crippen LogP contribution in [0, 0.1) is 0 Å². The highest BCUT2D eigenvalue weighted by Gasteiger charge is 2.06. The lowest BCUT2D eigenvalue weighted by Crippen LogP contribution is -2.08. The Hall–Kier alpha value is -1.37. The van der Waals surface area contributed by atoms with Gasteiger partial charge in [0.05, 0.1) is 7.11 Å². The minimum Gasteiger partial charge on any atom is -0.466 e. The predicted molar refractivity (Wildman–Crippen MR) is 54.4 cm³/mol. The zero-order chi connectivity index (χ0) is 11.3. The molecule has 7 heteroatoms. The molecule has 0 N–H and O–H groups in total. The molecule has 1 aromatic heterocycles. The molecule has 1 heterocycles. The third kappa shape index (κ3) is 3.70. The molecule has 0 saturated carbocycles. The highest BCUT2D eigenvalue weighted by Crippen LogP contribution is 2.10. The van der Waals surface area contributed by atoms with Crippen molar-refractivity contribution in [2.24, 2.45) is 5.16 Å². The summed E-state index contributed by atoms with van der Waals surface area (Å²) in [5, 5.41) is 7.27. The van der Waals surface area contributed by atoms with Gasteiger partial charge in [-0.3, -0.25) is 0 Å². The Morgan fingerprint density at radius 1 is 1.73 bits per heavy atom. The number of hydrogen-bond donors (Lipinski definition) is 0. The number of nitrogens with zero attached hydrogens (tertiary/aromatic N) is 2. The number of carbonyl (C=O) groups is 1. The molecule has 82 valence electrons. The highest BCUT2D eigenvalue weighted by molar-refractivity contribution is 9.10. The molecule has 0 aliphatic rings. The van der Waals surface area contributed by atoms with E-state index in [1.165, 1.54) is 7.11 Å². The maximum absolute atomic E-state index is 10.7. The average Bonchev–Trinajstić information content (AvgIpc) is 2.64. The normalized spacial score (nSPS) is 11.3. The molecule has 0 unspecified atom stereocenters. The van der Waals surface area contributed by atoms with Crippen molar-refractivity contribution in [1.29, 1.82) is 0 Å². The zero-order valence-electron chi connectivity index (χ0n) is 8.19. The van der Waals surface area contributed by atoms with Gasteiger partial charge in [0.25, 0.3) is 0 Å². The molecule has 0 amide bonds. The smallest absolute Gasteiger partial charge is 0.346 e. The van der Waals surface area contributed by atoms with Crippen LogP contribution >= 0.6 is 15.9 Å². The van der Waals surface area contributed by atoms with E-state index in [1.54, 1.807) is 13.0 Å². The van der Waals surface area contributed by atoms with E-state index in [0.29, 0.717) is 16.1 Å². The number of hydrogen-bond acceptors (Lipinski definition) is 6. The first-order valence-electron chi connectivity index (χ1n) is 3.99. The zero-order valence-corrected chi connectivity index (χ0v) is 9.78. The lowest BCUT2D eigenvalue weighted by atomic mass is 10.3. The molecule has 0 aromatic carbocycles. The highest BCUT2D eigenvalue weighted by atomic mass is 79.9. The molecular formula is C8H9BrN2O4. The van der Waals surface area contributed by atoms with E-state index in [2.05, 4.69) is 31.0 Å². The van der Waals surface area contributed by atoms with Crippen molar-refractivity contribution in [2.45, 2.75) is 6.92 Å². The van der Waals surface area contributed by atoms with Crippen LogP contribution in [0.4, 0.5) is 0 Å². The largest absolute Gasteiger partial charge is 0.466 e. The van der Waals surface area contributed by atoms with Gasteiger partial charge in [-0.25, -0.2) is 4.79 Å². The van der Waals surface area contributed by atoms with E-state index in [0.717, 1.165) is 0 Å². The number of halogens is 1. The fourth-order valence-corrected chi connectivity index (χ4v) is 0.990. The number of esters is 1. The van der Waals surface area contributed by atoms with E-state index < -0.39 is 5.97 Å². The van der Waals surface area contributed by atoms with Crippen LogP contribution in [0.25, 0.3) is 0 Å². The molecule has 15 heavy (non-hydrogen) atoms. The second kappa shape index (κ2) is 5.50. The van der Waals surface area contributed by atoms with Gasteiger partial charge in [0.1, 0.15) is 10.3 Å². The fraction of sp³-hybridized carbons (Fsp3) is 0.375. The number of methoxy groups -OCH3 is 1. The molecule has 0 radical (unpaired) electrons. The van der Waals surface area contributed by atoms with Crippen LogP contribution in [0.15, 0.2) is 20.3 Å². The second-order valence-electron chi connectivity index (χ2n) is 2.54. The first kappa shape index (κ1) is 11.7. The van der Waals surface area contributed by atoms with E-state index in [1.807, 2.05) is 0 Å². The summed E-state index contributed by atoms with van der Waals surface area (Å²) in [6, 6.07) is 1.64. The van der Waals surface area contributed by atoms with E-state index in [4.69, 9.17) is 9.36 Å². The molecular weight excluding hydrogens is 268 g/mol. The molecule has 6 nitrogen and oxygen atoms in total. The third-order valence-corrected chi connectivity index (χ3v) is 1.82. The minimum absolute atomic E-state index is 0.233. The van der Waals surface area contributed by atoms with Crippen LogP contribution in [0.3, 0.4) is 0 Å². The molecule has 1 rings (SSSR count). The van der Waals surface area contributed by atoms with Crippen LogP contribution < -0.4 is 0 Å². The van der Waals surface area contributed by atoms with Gasteiger partial charge in [0.15, 0.2) is 5.76 Å². The van der Waals surface area contributed by atoms with Gasteiger partial charge in [0.2, 0.25) is 6.61 Å². The number of carbonyl (C=O) groups excluding carboxylic acids is 1. The maximum atomic E-state index is 10.7. The van der Waals surface area contributed by atoms with E-state index >= 15 is 0 Å². The summed E-state index contributed by atoms with van der Waals surface area (Å²) in [5.74, 6) is -0.0305. The molecule has 1 aromatic rings. The van der Waals surface area contributed by atoms with Crippen LogP contribution in [-0.4, -0.2) is 30.6 Å². The fourth-order valence-electron chi connectivity index (χ4n) is 0.710. The van der Waals surface area contributed by atoms with Crippen LogP contribution in [-0.2, 0) is 14.4 Å². The van der Waals surface area contributed by atoms with Crippen molar-refractivity contribution in [2.75, 3.05) is 13.7 Å². The van der Waals surface area contributed by atoms with Gasteiger partial charge in [-0.2, -0.15) is 0 Å². The molecule has 0 bridgehead atoms. The molecule has 0 spiro atoms. The van der Waals surface area contributed by atoms with Gasteiger partial charge in [0, 0.05) is 6.07 Å². The van der Waals surface area contributed by atoms with Crippen LogP contribution in [0.5, 0.6) is 0 Å². The van der Waals surface area contributed by atoms with Gasteiger partial charge >= 0.3 is 5.97 Å². The topological polar surface area (TPSA) is 73.9 Å². The first-order chi connectivity index (χ1) is 7.13. The van der Waals surface area contributed by atoms with Gasteiger partial charge in [-0.1, -0.05) is 10.3 Å². The Bertz CT molecular complexity index is 374. The first-order valence-corrected chi connectivity index (χ1v) is 4.78. The lowest BCUT2D eigenvalue weighted by molar-refractivity contribution is -0.145. The monoisotopic (exact) mass is 276 g/mol. The summed E-state index contributed by atoms with van der Waals surface area (Å²) >= 11 is 3.13. The Morgan fingerprint density at radius 2 is 2.47 bits per heavy atom. The molecule has 0 saturated heterocycles. The Kier molecular flexibility index (Phi) is 4.29. The minimum atomic E-state index is -0.495. The third-order valence-electron chi connectivity index (χ3n) is 1.45. The van der Waals surface area contributed by atoms with Gasteiger partial charge in [-0.05, 0) is 22.9 Å². The second-order valence-corrected chi connectivity index (χ2v) is 3.35. The van der Waals surface area contributed by atoms with Crippen LogP contribution in [0.2, 0.25) is 0 Å². The van der Waals surface area contributed by atoms with Crippen molar-refractivity contribution in [3.63, 3.8) is 0 Å². The SMILES string of the molecule is COC(=O)CO/N=C(\C)c1cc(Br)no1. The number of rotatable bonds is 4. The summed E-state index contributed by atoms with van der Waals surface area (Å²) in [6.07, 6.45) is 0. The number of ether oxygens (including phenoxy) is 1. The Morgan fingerprint density at radius 3 is 3.00 bits per heavy atom. The number of oxime groups is 1. The number of aromatic nitrogens is 1. The quantitative estimate of drug-likeness (QED) is 0.472. The average molecular weight is 277 g/mol.